The topological polar surface area (TPSA) is 83.0 Å². The minimum absolute atomic E-state index is 0.0287. The zero-order valence-electron chi connectivity index (χ0n) is 21.6. The molecular formula is C29H31ClFN5O3. The first-order valence-electron chi connectivity index (χ1n) is 14.1. The first kappa shape index (κ1) is 24.0. The van der Waals surface area contributed by atoms with E-state index in [9.17, 15) is 5.11 Å². The molecule has 2 N–H and O–H groups in total. The molecule has 0 saturated carbocycles. The molecule has 5 aliphatic heterocycles. The lowest BCUT2D eigenvalue weighted by atomic mass is 9.95. The van der Waals surface area contributed by atoms with E-state index in [0.717, 1.165) is 51.1 Å². The van der Waals surface area contributed by atoms with E-state index < -0.39 is 5.82 Å². The number of fused-ring (bicyclic) bond motifs is 6. The van der Waals surface area contributed by atoms with Crippen LogP contribution in [0.4, 0.5) is 10.2 Å². The van der Waals surface area contributed by atoms with E-state index in [4.69, 9.17) is 31.0 Å². The molecule has 0 radical (unpaired) electrons. The van der Waals surface area contributed by atoms with Crippen LogP contribution in [0.15, 0.2) is 24.3 Å². The van der Waals surface area contributed by atoms with Crippen molar-refractivity contribution in [2.45, 2.75) is 62.2 Å². The maximum Gasteiger partial charge on any atom is 0.319 e. The van der Waals surface area contributed by atoms with Crippen molar-refractivity contribution in [3.05, 3.63) is 35.1 Å². The Morgan fingerprint density at radius 3 is 2.87 bits per heavy atom. The highest BCUT2D eigenvalue weighted by molar-refractivity contribution is 6.36. The van der Waals surface area contributed by atoms with Crippen LogP contribution in [-0.4, -0.2) is 76.5 Å². The fourth-order valence-electron chi connectivity index (χ4n) is 7.73. The van der Waals surface area contributed by atoms with Crippen molar-refractivity contribution in [1.82, 2.24) is 20.2 Å². The van der Waals surface area contributed by atoms with Gasteiger partial charge in [-0.1, -0.05) is 17.7 Å². The zero-order chi connectivity index (χ0) is 26.3. The van der Waals surface area contributed by atoms with Crippen LogP contribution < -0.4 is 19.7 Å². The summed E-state index contributed by atoms with van der Waals surface area (Å²) in [5, 5.41) is 15.3. The number of benzene rings is 2. The van der Waals surface area contributed by atoms with Crippen molar-refractivity contribution < 1.29 is 19.0 Å². The number of nitrogens with one attached hydrogen (secondary N) is 1. The quantitative estimate of drug-likeness (QED) is 0.490. The average molecular weight is 552 g/mol. The van der Waals surface area contributed by atoms with Crippen molar-refractivity contribution in [3.8, 4) is 28.6 Å². The second-order valence-corrected chi connectivity index (χ2v) is 12.1. The SMILES string of the molecule is Oc1cccc(F)c1-c1cc2nc(OCC34CCCN3CCC4)nc3c2c(c1Cl)OCC1C2CCC(CN31)N2. The van der Waals surface area contributed by atoms with Gasteiger partial charge < -0.3 is 24.8 Å². The number of rotatable bonds is 4. The van der Waals surface area contributed by atoms with Gasteiger partial charge in [-0.15, -0.1) is 0 Å². The van der Waals surface area contributed by atoms with Gasteiger partial charge in [0, 0.05) is 24.2 Å². The zero-order valence-corrected chi connectivity index (χ0v) is 22.4. The molecule has 0 amide bonds. The molecule has 2 aromatic carbocycles. The van der Waals surface area contributed by atoms with Crippen molar-refractivity contribution in [1.29, 1.82) is 0 Å². The normalized spacial score (nSPS) is 26.8. The van der Waals surface area contributed by atoms with Gasteiger partial charge in [0.2, 0.25) is 0 Å². The van der Waals surface area contributed by atoms with Crippen LogP contribution in [0.2, 0.25) is 5.02 Å². The van der Waals surface area contributed by atoms with Gasteiger partial charge in [-0.2, -0.15) is 9.97 Å². The monoisotopic (exact) mass is 551 g/mol. The molecule has 4 fully saturated rings. The lowest BCUT2D eigenvalue weighted by Crippen LogP contribution is -2.60. The lowest BCUT2D eigenvalue weighted by Gasteiger charge is -2.40. The summed E-state index contributed by atoms with van der Waals surface area (Å²) in [6, 6.07) is 7.02. The number of anilines is 1. The molecule has 2 bridgehead atoms. The molecule has 6 heterocycles. The average Bonchev–Trinajstić information content (AvgIpc) is 3.59. The van der Waals surface area contributed by atoms with Gasteiger partial charge in [-0.05, 0) is 69.8 Å². The largest absolute Gasteiger partial charge is 0.507 e. The van der Waals surface area contributed by atoms with Gasteiger partial charge in [0.05, 0.1) is 33.1 Å². The number of nitrogens with zero attached hydrogens (tertiary/aromatic N) is 4. The second kappa shape index (κ2) is 8.81. The van der Waals surface area contributed by atoms with Gasteiger partial charge in [0.1, 0.15) is 30.6 Å². The maximum atomic E-state index is 15.0. The van der Waals surface area contributed by atoms with Gasteiger partial charge in [-0.25, -0.2) is 4.39 Å². The molecule has 204 valence electrons. The van der Waals surface area contributed by atoms with E-state index in [1.54, 1.807) is 6.07 Å². The predicted octanol–water partition coefficient (Wildman–Crippen LogP) is 4.50. The summed E-state index contributed by atoms with van der Waals surface area (Å²) in [4.78, 5) is 14.7. The minimum atomic E-state index is -0.566. The summed E-state index contributed by atoms with van der Waals surface area (Å²) in [6.45, 7) is 4.00. The van der Waals surface area contributed by atoms with Gasteiger partial charge >= 0.3 is 6.01 Å². The van der Waals surface area contributed by atoms with Crippen molar-refractivity contribution >= 4 is 28.3 Å². The summed E-state index contributed by atoms with van der Waals surface area (Å²) < 4.78 is 27.9. The number of piperazine rings is 1. The number of aromatic hydroxyl groups is 1. The Morgan fingerprint density at radius 2 is 2.05 bits per heavy atom. The van der Waals surface area contributed by atoms with E-state index in [1.165, 1.54) is 31.0 Å². The summed E-state index contributed by atoms with van der Waals surface area (Å²) >= 11 is 6.94. The standard InChI is InChI=1S/C29H31ClFN5O3/c30-25-17(23-18(31)4-1-5-22(23)37)12-20-24-26(25)38-14-21-19-7-6-16(32-19)13-36(21)27(24)34-28(33-20)39-15-29-8-2-10-35(29)11-3-9-29/h1,4-5,12,16,19,21,32,37H,2-3,6-11,13-15H2. The number of phenolic OH excluding ortho intramolecular Hbond substituents is 1. The summed E-state index contributed by atoms with van der Waals surface area (Å²) in [6.07, 6.45) is 6.82. The molecule has 3 unspecified atom stereocenters. The van der Waals surface area contributed by atoms with Crippen LogP contribution in [0.5, 0.6) is 17.5 Å². The van der Waals surface area contributed by atoms with Gasteiger partial charge in [0.25, 0.3) is 0 Å². The molecule has 8 rings (SSSR count). The van der Waals surface area contributed by atoms with Crippen LogP contribution in [0.25, 0.3) is 22.0 Å². The van der Waals surface area contributed by atoms with E-state index in [-0.39, 0.29) is 34.0 Å². The highest BCUT2D eigenvalue weighted by atomic mass is 35.5. The molecular weight excluding hydrogens is 521 g/mol. The summed E-state index contributed by atoms with van der Waals surface area (Å²) in [5.41, 5.74) is 0.981. The number of phenols is 1. The fraction of sp³-hybridized carbons (Fsp3) is 0.517. The fourth-order valence-corrected chi connectivity index (χ4v) is 8.03. The minimum Gasteiger partial charge on any atom is -0.507 e. The van der Waals surface area contributed by atoms with Crippen LogP contribution in [-0.2, 0) is 0 Å². The summed E-state index contributed by atoms with van der Waals surface area (Å²) in [7, 11) is 0. The molecule has 0 aliphatic carbocycles. The van der Waals surface area contributed by atoms with Gasteiger partial charge in [-0.3, -0.25) is 4.90 Å². The highest BCUT2D eigenvalue weighted by Crippen LogP contribution is 2.49. The molecule has 3 atom stereocenters. The molecule has 0 spiro atoms. The molecule has 5 aliphatic rings. The smallest absolute Gasteiger partial charge is 0.319 e. The third-order valence-corrected chi connectivity index (χ3v) is 9.99. The molecule has 1 aromatic heterocycles. The van der Waals surface area contributed by atoms with Crippen LogP contribution in [0, 0.1) is 5.82 Å². The Bertz CT molecular complexity index is 1460. The van der Waals surface area contributed by atoms with Crippen LogP contribution in [0.3, 0.4) is 0 Å². The van der Waals surface area contributed by atoms with Crippen LogP contribution in [0.1, 0.15) is 38.5 Å². The Labute approximate surface area is 231 Å². The third-order valence-electron chi connectivity index (χ3n) is 9.61. The third kappa shape index (κ3) is 3.62. The van der Waals surface area contributed by atoms with Crippen molar-refractivity contribution in [3.63, 3.8) is 0 Å². The highest BCUT2D eigenvalue weighted by Gasteiger charge is 2.46. The molecule has 4 saturated heterocycles. The number of halogens is 2. The molecule has 10 heteroatoms. The molecule has 8 nitrogen and oxygen atoms in total. The second-order valence-electron chi connectivity index (χ2n) is 11.7. The maximum absolute atomic E-state index is 15.0. The van der Waals surface area contributed by atoms with Gasteiger partial charge in [0.15, 0.2) is 5.75 Å². The Morgan fingerprint density at radius 1 is 1.21 bits per heavy atom. The van der Waals surface area contributed by atoms with E-state index in [1.807, 2.05) is 0 Å². The van der Waals surface area contributed by atoms with E-state index in [0.29, 0.717) is 47.5 Å². The van der Waals surface area contributed by atoms with Crippen molar-refractivity contribution in [2.75, 3.05) is 37.7 Å². The van der Waals surface area contributed by atoms with Crippen LogP contribution >= 0.6 is 11.6 Å². The molecule has 39 heavy (non-hydrogen) atoms. The number of hydrogen-bond acceptors (Lipinski definition) is 8. The van der Waals surface area contributed by atoms with E-state index >= 15 is 4.39 Å². The number of aromatic nitrogens is 2. The molecule has 3 aromatic rings. The number of hydrogen-bond donors (Lipinski definition) is 2. The Hall–Kier alpha value is -2.88. The first-order valence-corrected chi connectivity index (χ1v) is 14.4. The predicted molar refractivity (Wildman–Crippen MR) is 146 cm³/mol. The Kier molecular flexibility index (Phi) is 5.41. The summed E-state index contributed by atoms with van der Waals surface area (Å²) in [5.74, 6) is 0.422. The Balaban J connectivity index is 1.29. The number of ether oxygens (including phenoxy) is 2. The lowest BCUT2D eigenvalue weighted by molar-refractivity contribution is 0.108. The van der Waals surface area contributed by atoms with Crippen molar-refractivity contribution in [2.24, 2.45) is 0 Å². The first-order chi connectivity index (χ1) is 19.0. The van der Waals surface area contributed by atoms with E-state index in [2.05, 4.69) is 15.1 Å².